The third-order valence-electron chi connectivity index (χ3n) is 3.12. The van der Waals surface area contributed by atoms with Crippen LogP contribution in [0.3, 0.4) is 0 Å². The van der Waals surface area contributed by atoms with E-state index in [9.17, 15) is 4.79 Å². The van der Waals surface area contributed by atoms with Gasteiger partial charge in [0.15, 0.2) is 5.69 Å². The summed E-state index contributed by atoms with van der Waals surface area (Å²) in [7, 11) is 0. The molecule has 0 atom stereocenters. The number of carbonyl (C=O) groups excluding carboxylic acids is 1. The van der Waals surface area contributed by atoms with E-state index in [1.54, 1.807) is 42.7 Å². The fourth-order valence-electron chi connectivity index (χ4n) is 1.93. The number of furan rings is 1. The van der Waals surface area contributed by atoms with Gasteiger partial charge in [-0.15, -0.1) is 10.2 Å². The number of rotatable bonds is 5. The van der Waals surface area contributed by atoms with Crippen LogP contribution in [0.5, 0.6) is 0 Å². The number of halogens is 2. The highest BCUT2D eigenvalue weighted by Gasteiger charge is 2.12. The Hall–Kier alpha value is -2.57. The Morgan fingerprint density at radius 3 is 2.67 bits per heavy atom. The lowest BCUT2D eigenvalue weighted by Gasteiger charge is -2.08. The molecule has 0 aliphatic rings. The number of carbonyl (C=O) groups is 1. The van der Waals surface area contributed by atoms with Gasteiger partial charge in [0.2, 0.25) is 0 Å². The Labute approximate surface area is 147 Å². The molecule has 3 rings (SSSR count). The van der Waals surface area contributed by atoms with Gasteiger partial charge in [-0.3, -0.25) is 4.79 Å². The number of amides is 1. The minimum absolute atomic E-state index is 0.162. The van der Waals surface area contributed by atoms with Crippen molar-refractivity contribution in [3.8, 4) is 0 Å². The highest BCUT2D eigenvalue weighted by Crippen LogP contribution is 2.29. The van der Waals surface area contributed by atoms with Crippen LogP contribution in [-0.4, -0.2) is 16.1 Å². The maximum atomic E-state index is 12.2. The molecule has 1 aromatic carbocycles. The minimum atomic E-state index is -0.427. The van der Waals surface area contributed by atoms with Crippen molar-refractivity contribution < 1.29 is 9.21 Å². The zero-order valence-corrected chi connectivity index (χ0v) is 13.8. The maximum absolute atomic E-state index is 12.2. The predicted octanol–water partition coefficient (Wildman–Crippen LogP) is 4.24. The lowest BCUT2D eigenvalue weighted by Crippen LogP contribution is -2.15. The SMILES string of the molecule is O=C(Nc1cccc(Cl)c1Cl)c1ccc(NCc2ccco2)nn1. The molecule has 0 fully saturated rings. The van der Waals surface area contributed by atoms with E-state index >= 15 is 0 Å². The Balaban J connectivity index is 1.64. The summed E-state index contributed by atoms with van der Waals surface area (Å²) in [5, 5.41) is 14.2. The third-order valence-corrected chi connectivity index (χ3v) is 3.94. The second-order valence-electron chi connectivity index (χ2n) is 4.79. The third kappa shape index (κ3) is 3.84. The van der Waals surface area contributed by atoms with Crippen LogP contribution in [0, 0.1) is 0 Å². The molecule has 8 heteroatoms. The van der Waals surface area contributed by atoms with Crippen LogP contribution in [0.2, 0.25) is 10.0 Å². The van der Waals surface area contributed by atoms with E-state index in [0.717, 1.165) is 5.76 Å². The van der Waals surface area contributed by atoms with E-state index in [-0.39, 0.29) is 10.7 Å². The summed E-state index contributed by atoms with van der Waals surface area (Å²) in [4.78, 5) is 12.2. The number of benzene rings is 1. The number of aromatic nitrogens is 2. The van der Waals surface area contributed by atoms with Crippen molar-refractivity contribution in [1.29, 1.82) is 0 Å². The zero-order chi connectivity index (χ0) is 16.9. The standard InChI is InChI=1S/C16H12Cl2N4O2/c17-11-4-1-5-12(15(11)18)20-16(23)13-6-7-14(22-21-13)19-9-10-3-2-8-24-10/h1-8H,9H2,(H,19,22)(H,20,23). The number of nitrogens with zero attached hydrogens (tertiary/aromatic N) is 2. The van der Waals surface area contributed by atoms with Crippen molar-refractivity contribution in [1.82, 2.24) is 10.2 Å². The Morgan fingerprint density at radius 1 is 1.08 bits per heavy atom. The lowest BCUT2D eigenvalue weighted by molar-refractivity contribution is 0.102. The van der Waals surface area contributed by atoms with Crippen molar-refractivity contribution >= 4 is 40.6 Å². The quantitative estimate of drug-likeness (QED) is 0.709. The topological polar surface area (TPSA) is 80.0 Å². The first-order chi connectivity index (χ1) is 11.6. The van der Waals surface area contributed by atoms with Gasteiger partial charge in [-0.25, -0.2) is 0 Å². The van der Waals surface area contributed by atoms with Gasteiger partial charge in [0.1, 0.15) is 11.6 Å². The molecule has 1 amide bonds. The van der Waals surface area contributed by atoms with E-state index in [2.05, 4.69) is 20.8 Å². The monoisotopic (exact) mass is 362 g/mol. The van der Waals surface area contributed by atoms with E-state index < -0.39 is 5.91 Å². The summed E-state index contributed by atoms with van der Waals surface area (Å²) in [6.45, 7) is 0.478. The smallest absolute Gasteiger partial charge is 0.276 e. The molecule has 3 aromatic rings. The number of anilines is 2. The highest BCUT2D eigenvalue weighted by atomic mass is 35.5. The molecule has 0 aliphatic carbocycles. The molecule has 0 aliphatic heterocycles. The molecule has 0 spiro atoms. The maximum Gasteiger partial charge on any atom is 0.276 e. The van der Waals surface area contributed by atoms with E-state index in [4.69, 9.17) is 27.6 Å². The summed E-state index contributed by atoms with van der Waals surface area (Å²) in [5.74, 6) is 0.877. The first-order valence-corrected chi connectivity index (χ1v) is 7.74. The van der Waals surface area contributed by atoms with Crippen molar-refractivity contribution in [3.63, 3.8) is 0 Å². The highest BCUT2D eigenvalue weighted by molar-refractivity contribution is 6.44. The summed E-state index contributed by atoms with van der Waals surface area (Å²) in [6, 6.07) is 11.8. The molecule has 0 radical (unpaired) electrons. The molecule has 0 bridgehead atoms. The van der Waals surface area contributed by atoms with Gasteiger partial charge in [-0.05, 0) is 36.4 Å². The summed E-state index contributed by atoms with van der Waals surface area (Å²) in [5.41, 5.74) is 0.575. The van der Waals surface area contributed by atoms with Gasteiger partial charge >= 0.3 is 0 Å². The van der Waals surface area contributed by atoms with Crippen LogP contribution in [0.25, 0.3) is 0 Å². The van der Waals surface area contributed by atoms with Gasteiger partial charge < -0.3 is 15.1 Å². The zero-order valence-electron chi connectivity index (χ0n) is 12.3. The normalized spacial score (nSPS) is 10.4. The number of hydrogen-bond donors (Lipinski definition) is 2. The van der Waals surface area contributed by atoms with Crippen LogP contribution in [-0.2, 0) is 6.54 Å². The van der Waals surface area contributed by atoms with Gasteiger partial charge in [0, 0.05) is 0 Å². The Bertz CT molecular complexity index is 836. The Morgan fingerprint density at radius 2 is 1.96 bits per heavy atom. The molecule has 2 heterocycles. The van der Waals surface area contributed by atoms with Gasteiger partial charge in [-0.1, -0.05) is 29.3 Å². The molecule has 0 unspecified atom stereocenters. The average molecular weight is 363 g/mol. The van der Waals surface area contributed by atoms with Crippen LogP contribution < -0.4 is 10.6 Å². The minimum Gasteiger partial charge on any atom is -0.467 e. The van der Waals surface area contributed by atoms with Gasteiger partial charge in [0.25, 0.3) is 5.91 Å². The molecule has 24 heavy (non-hydrogen) atoms. The van der Waals surface area contributed by atoms with Gasteiger partial charge in [-0.2, -0.15) is 0 Å². The van der Waals surface area contributed by atoms with Crippen LogP contribution in [0.15, 0.2) is 53.1 Å². The number of nitrogens with one attached hydrogen (secondary N) is 2. The van der Waals surface area contributed by atoms with E-state index in [1.807, 2.05) is 6.07 Å². The molecular formula is C16H12Cl2N4O2. The summed E-state index contributed by atoms with van der Waals surface area (Å²) in [6.07, 6.45) is 1.59. The molecule has 2 N–H and O–H groups in total. The molecular weight excluding hydrogens is 351 g/mol. The van der Waals surface area contributed by atoms with Crippen LogP contribution >= 0.6 is 23.2 Å². The first-order valence-electron chi connectivity index (χ1n) is 6.99. The molecule has 6 nitrogen and oxygen atoms in total. The van der Waals surface area contributed by atoms with Crippen LogP contribution in [0.1, 0.15) is 16.2 Å². The fraction of sp³-hybridized carbons (Fsp3) is 0.0625. The van der Waals surface area contributed by atoms with Crippen LogP contribution in [0.4, 0.5) is 11.5 Å². The summed E-state index contributed by atoms with van der Waals surface area (Å²) >= 11 is 12.0. The summed E-state index contributed by atoms with van der Waals surface area (Å²) < 4.78 is 5.21. The van der Waals surface area contributed by atoms with E-state index in [0.29, 0.717) is 23.1 Å². The fourth-order valence-corrected chi connectivity index (χ4v) is 2.27. The van der Waals surface area contributed by atoms with E-state index in [1.165, 1.54) is 0 Å². The lowest BCUT2D eigenvalue weighted by atomic mass is 10.3. The second kappa shape index (κ2) is 7.33. The number of hydrogen-bond acceptors (Lipinski definition) is 5. The average Bonchev–Trinajstić information content (AvgIpc) is 3.11. The second-order valence-corrected chi connectivity index (χ2v) is 5.58. The molecule has 0 saturated carbocycles. The first kappa shape index (κ1) is 16.3. The Kier molecular flexibility index (Phi) is 4.98. The predicted molar refractivity (Wildman–Crippen MR) is 92.5 cm³/mol. The van der Waals surface area contributed by atoms with Crippen molar-refractivity contribution in [3.05, 3.63) is 70.2 Å². The largest absolute Gasteiger partial charge is 0.467 e. The van der Waals surface area contributed by atoms with Gasteiger partial charge in [0.05, 0.1) is 28.5 Å². The molecule has 2 aromatic heterocycles. The van der Waals surface area contributed by atoms with Crippen molar-refractivity contribution in [2.45, 2.75) is 6.54 Å². The van der Waals surface area contributed by atoms with Crippen molar-refractivity contribution in [2.24, 2.45) is 0 Å². The molecule has 122 valence electrons. The van der Waals surface area contributed by atoms with Crippen molar-refractivity contribution in [2.75, 3.05) is 10.6 Å². The molecule has 0 saturated heterocycles.